The summed E-state index contributed by atoms with van der Waals surface area (Å²) in [5, 5.41) is 0.901. The lowest BCUT2D eigenvalue weighted by Crippen LogP contribution is -2.04. The molecule has 2 nitrogen and oxygen atoms in total. The van der Waals surface area contributed by atoms with Gasteiger partial charge in [0.2, 0.25) is 0 Å². The first kappa shape index (κ1) is 8.26. The second kappa shape index (κ2) is 3.18. The summed E-state index contributed by atoms with van der Waals surface area (Å²) in [5.74, 6) is -0.169. The molecule has 2 aromatic rings. The van der Waals surface area contributed by atoms with Crippen LogP contribution in [0.15, 0.2) is 24.4 Å². The van der Waals surface area contributed by atoms with Crippen molar-refractivity contribution in [1.29, 1.82) is 0 Å². The molecule has 3 N–H and O–H groups in total. The number of benzene rings is 1. The third kappa shape index (κ3) is 1.42. The first-order valence-electron chi connectivity index (χ1n) is 4.27. The number of fused-ring (bicyclic) bond motifs is 1. The Bertz CT molecular complexity index is 420. The number of H-pyrrole nitrogens is 1. The van der Waals surface area contributed by atoms with Crippen molar-refractivity contribution in [2.75, 3.05) is 6.54 Å². The van der Waals surface area contributed by atoms with Gasteiger partial charge in [-0.1, -0.05) is 0 Å². The first-order valence-corrected chi connectivity index (χ1v) is 4.27. The molecule has 1 aromatic carbocycles. The van der Waals surface area contributed by atoms with Gasteiger partial charge in [-0.25, -0.2) is 4.39 Å². The minimum absolute atomic E-state index is 0.169. The standard InChI is InChI=1S/C10H11FN2/c11-9-5-8-2-4-13-10(8)6-7(9)1-3-12/h2,4-6,13H,1,3,12H2. The topological polar surface area (TPSA) is 41.8 Å². The van der Waals surface area contributed by atoms with E-state index in [1.165, 1.54) is 6.07 Å². The number of hydrogen-bond acceptors (Lipinski definition) is 1. The number of halogens is 1. The second-order valence-corrected chi connectivity index (χ2v) is 3.05. The van der Waals surface area contributed by atoms with Crippen molar-refractivity contribution in [2.24, 2.45) is 5.73 Å². The molecule has 0 spiro atoms. The fourth-order valence-electron chi connectivity index (χ4n) is 1.46. The molecule has 1 heterocycles. The van der Waals surface area contributed by atoms with Gasteiger partial charge >= 0.3 is 0 Å². The third-order valence-electron chi connectivity index (χ3n) is 2.13. The van der Waals surface area contributed by atoms with Crippen molar-refractivity contribution in [3.05, 3.63) is 35.8 Å². The van der Waals surface area contributed by atoms with Crippen LogP contribution < -0.4 is 5.73 Å². The zero-order chi connectivity index (χ0) is 9.26. The van der Waals surface area contributed by atoms with E-state index in [0.29, 0.717) is 18.5 Å². The number of nitrogens with two attached hydrogens (primary N) is 1. The van der Waals surface area contributed by atoms with Crippen LogP contribution in [-0.2, 0) is 6.42 Å². The van der Waals surface area contributed by atoms with Gasteiger partial charge in [-0.3, -0.25) is 0 Å². The molecule has 0 unspecified atom stereocenters. The van der Waals surface area contributed by atoms with Crippen LogP contribution in [0, 0.1) is 5.82 Å². The minimum atomic E-state index is -0.169. The largest absolute Gasteiger partial charge is 0.361 e. The van der Waals surface area contributed by atoms with Crippen molar-refractivity contribution in [3.63, 3.8) is 0 Å². The molecule has 0 atom stereocenters. The van der Waals surface area contributed by atoms with E-state index in [2.05, 4.69) is 4.98 Å². The Morgan fingerprint density at radius 1 is 1.38 bits per heavy atom. The average molecular weight is 178 g/mol. The SMILES string of the molecule is NCCc1cc2[nH]ccc2cc1F. The van der Waals surface area contributed by atoms with Crippen molar-refractivity contribution in [3.8, 4) is 0 Å². The van der Waals surface area contributed by atoms with E-state index >= 15 is 0 Å². The highest BCUT2D eigenvalue weighted by atomic mass is 19.1. The number of aromatic nitrogens is 1. The monoisotopic (exact) mass is 178 g/mol. The van der Waals surface area contributed by atoms with Crippen LogP contribution in [0.25, 0.3) is 10.9 Å². The Balaban J connectivity index is 2.56. The Kier molecular flexibility index (Phi) is 2.02. The predicted octanol–water partition coefficient (Wildman–Crippen LogP) is 1.81. The molecule has 0 saturated heterocycles. The molecular formula is C10H11FN2. The van der Waals surface area contributed by atoms with Crippen LogP contribution in [0.1, 0.15) is 5.56 Å². The maximum absolute atomic E-state index is 13.3. The van der Waals surface area contributed by atoms with Crippen LogP contribution in [0.2, 0.25) is 0 Å². The fraction of sp³-hybridized carbons (Fsp3) is 0.200. The van der Waals surface area contributed by atoms with E-state index in [1.807, 2.05) is 12.1 Å². The van der Waals surface area contributed by atoms with E-state index in [1.54, 1.807) is 6.20 Å². The predicted molar refractivity (Wildman–Crippen MR) is 51.0 cm³/mol. The zero-order valence-corrected chi connectivity index (χ0v) is 7.18. The molecule has 0 aliphatic heterocycles. The molecule has 0 saturated carbocycles. The Morgan fingerprint density at radius 3 is 3.00 bits per heavy atom. The Hall–Kier alpha value is -1.35. The van der Waals surface area contributed by atoms with E-state index in [0.717, 1.165) is 10.9 Å². The van der Waals surface area contributed by atoms with Crippen LogP contribution in [0.5, 0.6) is 0 Å². The van der Waals surface area contributed by atoms with Gasteiger partial charge in [0.05, 0.1) is 0 Å². The number of nitrogens with one attached hydrogen (secondary N) is 1. The average Bonchev–Trinajstić information content (AvgIpc) is 2.52. The third-order valence-corrected chi connectivity index (χ3v) is 2.13. The van der Waals surface area contributed by atoms with Crippen molar-refractivity contribution in [2.45, 2.75) is 6.42 Å². The summed E-state index contributed by atoms with van der Waals surface area (Å²) in [7, 11) is 0. The van der Waals surface area contributed by atoms with Gasteiger partial charge < -0.3 is 10.7 Å². The summed E-state index contributed by atoms with van der Waals surface area (Å²) >= 11 is 0. The van der Waals surface area contributed by atoms with Gasteiger partial charge in [0, 0.05) is 17.1 Å². The summed E-state index contributed by atoms with van der Waals surface area (Å²) in [5.41, 5.74) is 7.01. The summed E-state index contributed by atoms with van der Waals surface area (Å²) in [4.78, 5) is 3.04. The molecule has 0 bridgehead atoms. The molecular weight excluding hydrogens is 167 g/mol. The highest BCUT2D eigenvalue weighted by molar-refractivity contribution is 5.80. The van der Waals surface area contributed by atoms with E-state index in [9.17, 15) is 4.39 Å². The highest BCUT2D eigenvalue weighted by Gasteiger charge is 2.03. The summed E-state index contributed by atoms with van der Waals surface area (Å²) in [6.07, 6.45) is 2.39. The van der Waals surface area contributed by atoms with Gasteiger partial charge in [0.15, 0.2) is 0 Å². The smallest absolute Gasteiger partial charge is 0.127 e. The summed E-state index contributed by atoms with van der Waals surface area (Å²) in [6, 6.07) is 5.21. The van der Waals surface area contributed by atoms with E-state index in [-0.39, 0.29) is 5.82 Å². The van der Waals surface area contributed by atoms with Crippen LogP contribution in [-0.4, -0.2) is 11.5 Å². The maximum Gasteiger partial charge on any atom is 0.127 e. The Morgan fingerprint density at radius 2 is 2.23 bits per heavy atom. The minimum Gasteiger partial charge on any atom is -0.361 e. The van der Waals surface area contributed by atoms with Crippen LogP contribution in [0.4, 0.5) is 4.39 Å². The highest BCUT2D eigenvalue weighted by Crippen LogP contribution is 2.17. The second-order valence-electron chi connectivity index (χ2n) is 3.05. The van der Waals surface area contributed by atoms with Gasteiger partial charge in [0.25, 0.3) is 0 Å². The van der Waals surface area contributed by atoms with Crippen LogP contribution in [0.3, 0.4) is 0 Å². The Labute approximate surface area is 75.6 Å². The quantitative estimate of drug-likeness (QED) is 0.723. The van der Waals surface area contributed by atoms with Crippen molar-refractivity contribution >= 4 is 10.9 Å². The zero-order valence-electron chi connectivity index (χ0n) is 7.18. The lowest BCUT2D eigenvalue weighted by Gasteiger charge is -2.00. The van der Waals surface area contributed by atoms with Crippen LogP contribution >= 0.6 is 0 Å². The molecule has 0 aliphatic carbocycles. The van der Waals surface area contributed by atoms with E-state index < -0.39 is 0 Å². The molecule has 0 radical (unpaired) electrons. The van der Waals surface area contributed by atoms with Crippen molar-refractivity contribution in [1.82, 2.24) is 4.98 Å². The number of aromatic amines is 1. The summed E-state index contributed by atoms with van der Waals surface area (Å²) < 4.78 is 13.3. The molecule has 3 heteroatoms. The maximum atomic E-state index is 13.3. The lowest BCUT2D eigenvalue weighted by molar-refractivity contribution is 0.611. The fourth-order valence-corrected chi connectivity index (χ4v) is 1.46. The molecule has 13 heavy (non-hydrogen) atoms. The molecule has 1 aromatic heterocycles. The lowest BCUT2D eigenvalue weighted by atomic mass is 10.1. The van der Waals surface area contributed by atoms with Crippen molar-refractivity contribution < 1.29 is 4.39 Å². The van der Waals surface area contributed by atoms with Gasteiger partial charge in [-0.05, 0) is 36.7 Å². The molecule has 0 aliphatic rings. The van der Waals surface area contributed by atoms with Gasteiger partial charge in [0.1, 0.15) is 5.82 Å². The molecule has 2 rings (SSSR count). The molecule has 68 valence electrons. The van der Waals surface area contributed by atoms with Gasteiger partial charge in [-0.15, -0.1) is 0 Å². The van der Waals surface area contributed by atoms with Gasteiger partial charge in [-0.2, -0.15) is 0 Å². The number of rotatable bonds is 2. The molecule has 0 amide bonds. The van der Waals surface area contributed by atoms with E-state index in [4.69, 9.17) is 5.73 Å². The molecule has 0 fully saturated rings. The first-order chi connectivity index (χ1) is 6.31. The number of hydrogen-bond donors (Lipinski definition) is 2. The normalized spacial score (nSPS) is 10.9. The summed E-state index contributed by atoms with van der Waals surface area (Å²) in [6.45, 7) is 0.475.